The lowest BCUT2D eigenvalue weighted by molar-refractivity contribution is 0.661. The summed E-state index contributed by atoms with van der Waals surface area (Å²) in [6.07, 6.45) is 9.09. The Morgan fingerprint density at radius 2 is 1.10 bits per heavy atom. The molecule has 0 radical (unpaired) electrons. The zero-order valence-electron chi connectivity index (χ0n) is 34.5. The largest absolute Gasteiger partial charge is 0.278 e. The summed E-state index contributed by atoms with van der Waals surface area (Å²) in [5.41, 5.74) is 13.1. The first-order valence-corrected chi connectivity index (χ1v) is 21.9. The van der Waals surface area contributed by atoms with E-state index < -0.39 is 0 Å². The molecule has 0 N–H and O–H groups in total. The van der Waals surface area contributed by atoms with Crippen molar-refractivity contribution in [2.24, 2.45) is 0 Å². The molecule has 0 spiro atoms. The predicted molar refractivity (Wildman–Crippen MR) is 262 cm³/mol. The van der Waals surface area contributed by atoms with Crippen LogP contribution in [0, 0.1) is 0 Å². The van der Waals surface area contributed by atoms with Crippen LogP contribution in [0.1, 0.15) is 43.4 Å². The molecule has 0 fully saturated rings. The van der Waals surface area contributed by atoms with Gasteiger partial charge in [0.1, 0.15) is 0 Å². The van der Waals surface area contributed by atoms with Crippen molar-refractivity contribution in [3.63, 3.8) is 0 Å². The lowest BCUT2D eigenvalue weighted by atomic mass is 9.80. The number of aromatic nitrogens is 3. The zero-order valence-corrected chi connectivity index (χ0v) is 34.5. The standard InChI is InChI=1S/C59H39N3/c1-59(2)48-27-11-8-20-41(48)55-44-25-14-23-38-39-24-15-26-45-54(39)47(46(53(38)44)32-49(55)59)33-52-56(45)43-22-10-13-29-51(43)62(52)58-60-50-28-12-9-21-42(50)57(61-58)40-31-30-35(34-16-4-3-5-17-34)36-18-6-7-19-37(36)40/h4,6-33H,3,5H2,1-2H3. The molecule has 14 rings (SSSR count). The van der Waals surface area contributed by atoms with Crippen LogP contribution < -0.4 is 0 Å². The molecule has 10 aromatic carbocycles. The first kappa shape index (κ1) is 34.1. The minimum absolute atomic E-state index is 0.135. The SMILES string of the molecule is CC1(C)c2ccccc2-c2c1cc1c3cc4c(c5cccc(c6cccc2c61)c35)c1ccccc1n4-c1nc(-c2ccc(C3=CCCC=C3)c3ccccc23)c2ccccc2n1. The Morgan fingerprint density at radius 3 is 1.92 bits per heavy atom. The van der Waals surface area contributed by atoms with Gasteiger partial charge in [-0.25, -0.2) is 9.97 Å². The number of para-hydroxylation sites is 2. The van der Waals surface area contributed by atoms with Crippen molar-refractivity contribution in [2.75, 3.05) is 0 Å². The van der Waals surface area contributed by atoms with Crippen molar-refractivity contribution < 1.29 is 0 Å². The predicted octanol–water partition coefficient (Wildman–Crippen LogP) is 15.6. The van der Waals surface area contributed by atoms with Crippen molar-refractivity contribution in [3.8, 4) is 28.3 Å². The molecule has 62 heavy (non-hydrogen) atoms. The molecule has 0 bridgehead atoms. The molecular formula is C59H39N3. The second kappa shape index (κ2) is 12.2. The lowest BCUT2D eigenvalue weighted by Crippen LogP contribution is -2.14. The minimum atomic E-state index is -0.135. The highest BCUT2D eigenvalue weighted by molar-refractivity contribution is 6.39. The van der Waals surface area contributed by atoms with E-state index in [1.54, 1.807) is 0 Å². The van der Waals surface area contributed by atoms with E-state index in [1.807, 2.05) is 0 Å². The van der Waals surface area contributed by atoms with Crippen molar-refractivity contribution >= 4 is 92.1 Å². The van der Waals surface area contributed by atoms with E-state index in [4.69, 9.17) is 9.97 Å². The van der Waals surface area contributed by atoms with E-state index in [0.717, 1.165) is 46.0 Å². The summed E-state index contributed by atoms with van der Waals surface area (Å²) in [7, 11) is 0. The van der Waals surface area contributed by atoms with Crippen LogP contribution in [0.5, 0.6) is 0 Å². The Labute approximate surface area is 358 Å². The van der Waals surface area contributed by atoms with Gasteiger partial charge in [-0.05, 0) is 124 Å². The molecule has 3 nitrogen and oxygen atoms in total. The minimum Gasteiger partial charge on any atom is -0.278 e. The van der Waals surface area contributed by atoms with Gasteiger partial charge in [0.05, 0.1) is 22.2 Å². The zero-order chi connectivity index (χ0) is 40.8. The van der Waals surface area contributed by atoms with Crippen molar-refractivity contribution in [2.45, 2.75) is 32.1 Å². The second-order valence-electron chi connectivity index (χ2n) is 17.9. The van der Waals surface area contributed by atoms with Crippen molar-refractivity contribution in [1.82, 2.24) is 14.5 Å². The summed E-state index contributed by atoms with van der Waals surface area (Å²) in [4.78, 5) is 11.1. The van der Waals surface area contributed by atoms with E-state index in [9.17, 15) is 0 Å². The molecule has 0 amide bonds. The van der Waals surface area contributed by atoms with Gasteiger partial charge in [-0.15, -0.1) is 0 Å². The van der Waals surface area contributed by atoms with Gasteiger partial charge >= 0.3 is 0 Å². The first-order chi connectivity index (χ1) is 30.5. The molecule has 0 aliphatic heterocycles. The maximum Gasteiger partial charge on any atom is 0.235 e. The average Bonchev–Trinajstić information content (AvgIpc) is 3.78. The summed E-state index contributed by atoms with van der Waals surface area (Å²) in [5.74, 6) is 0.672. The summed E-state index contributed by atoms with van der Waals surface area (Å²) >= 11 is 0. The van der Waals surface area contributed by atoms with Crippen LogP contribution >= 0.6 is 0 Å². The first-order valence-electron chi connectivity index (χ1n) is 21.9. The number of allylic oxidation sites excluding steroid dienone is 4. The third-order valence-electron chi connectivity index (χ3n) is 14.4. The highest BCUT2D eigenvalue weighted by Crippen LogP contribution is 2.55. The maximum atomic E-state index is 5.66. The molecule has 2 aliphatic rings. The number of nitrogens with zero attached hydrogens (tertiary/aromatic N) is 3. The topological polar surface area (TPSA) is 30.7 Å². The molecule has 0 unspecified atom stereocenters. The molecule has 2 heterocycles. The van der Waals surface area contributed by atoms with E-state index in [2.05, 4.69) is 194 Å². The van der Waals surface area contributed by atoms with Crippen molar-refractivity contribution in [1.29, 1.82) is 0 Å². The number of fused-ring (bicyclic) bond motifs is 12. The van der Waals surface area contributed by atoms with Gasteiger partial charge in [0.2, 0.25) is 5.95 Å². The van der Waals surface area contributed by atoms with Crippen LogP contribution in [0.4, 0.5) is 0 Å². The molecule has 3 heteroatoms. The summed E-state index contributed by atoms with van der Waals surface area (Å²) in [6.45, 7) is 4.78. The molecule has 2 aromatic heterocycles. The molecular weight excluding hydrogens is 751 g/mol. The van der Waals surface area contributed by atoms with Gasteiger partial charge in [-0.2, -0.15) is 0 Å². The van der Waals surface area contributed by atoms with E-state index >= 15 is 0 Å². The van der Waals surface area contributed by atoms with Gasteiger partial charge in [-0.3, -0.25) is 4.57 Å². The second-order valence-corrected chi connectivity index (χ2v) is 17.9. The Morgan fingerprint density at radius 1 is 0.452 bits per heavy atom. The molecule has 0 saturated carbocycles. The third kappa shape index (κ3) is 4.39. The fourth-order valence-corrected chi connectivity index (χ4v) is 11.6. The maximum absolute atomic E-state index is 5.66. The van der Waals surface area contributed by atoms with E-state index in [-0.39, 0.29) is 5.41 Å². The summed E-state index contributed by atoms with van der Waals surface area (Å²) in [5, 5.41) is 16.3. The normalized spacial score (nSPS) is 14.6. The van der Waals surface area contributed by atoms with Crippen LogP contribution in [-0.2, 0) is 5.41 Å². The monoisotopic (exact) mass is 789 g/mol. The highest BCUT2D eigenvalue weighted by atomic mass is 15.2. The molecule has 12 aromatic rings. The molecule has 0 saturated heterocycles. The lowest BCUT2D eigenvalue weighted by Gasteiger charge is -2.23. The number of hydrogen-bond donors (Lipinski definition) is 0. The van der Waals surface area contributed by atoms with Crippen LogP contribution in [0.2, 0.25) is 0 Å². The third-order valence-corrected chi connectivity index (χ3v) is 14.4. The van der Waals surface area contributed by atoms with Gasteiger partial charge in [0, 0.05) is 27.1 Å². The molecule has 290 valence electrons. The van der Waals surface area contributed by atoms with Gasteiger partial charge in [0.15, 0.2) is 0 Å². The summed E-state index contributed by atoms with van der Waals surface area (Å²) < 4.78 is 2.34. The average molecular weight is 790 g/mol. The fraction of sp³-hybridized carbons (Fsp3) is 0.0847. The summed E-state index contributed by atoms with van der Waals surface area (Å²) in [6, 6.07) is 58.6. The molecule has 2 aliphatic carbocycles. The quantitative estimate of drug-likeness (QED) is 0.132. The highest BCUT2D eigenvalue weighted by Gasteiger charge is 2.37. The Kier molecular flexibility index (Phi) is 6.74. The Bertz CT molecular complexity index is 4010. The van der Waals surface area contributed by atoms with Gasteiger partial charge in [0.25, 0.3) is 0 Å². The fourth-order valence-electron chi connectivity index (χ4n) is 11.6. The van der Waals surface area contributed by atoms with Gasteiger partial charge in [-0.1, -0.05) is 166 Å². The van der Waals surface area contributed by atoms with Crippen LogP contribution in [0.15, 0.2) is 176 Å². The smallest absolute Gasteiger partial charge is 0.235 e. The van der Waals surface area contributed by atoms with Crippen molar-refractivity contribution in [3.05, 3.63) is 193 Å². The molecule has 0 atom stereocenters. The van der Waals surface area contributed by atoms with Crippen LogP contribution in [0.3, 0.4) is 0 Å². The van der Waals surface area contributed by atoms with E-state index in [1.165, 1.54) is 98.0 Å². The number of benzene rings is 10. The van der Waals surface area contributed by atoms with Gasteiger partial charge < -0.3 is 0 Å². The number of hydrogen-bond acceptors (Lipinski definition) is 2. The Hall–Kier alpha value is -7.62. The Balaban J connectivity index is 1.11. The van der Waals surface area contributed by atoms with E-state index in [0.29, 0.717) is 5.95 Å². The number of rotatable bonds is 3. The van der Waals surface area contributed by atoms with Crippen LogP contribution in [0.25, 0.3) is 120 Å². The van der Waals surface area contributed by atoms with Crippen LogP contribution in [-0.4, -0.2) is 14.5 Å².